The quantitative estimate of drug-likeness (QED) is 0.774. The minimum absolute atomic E-state index is 0.134. The molecule has 1 aromatic rings. The van der Waals surface area contributed by atoms with Crippen LogP contribution in [0.4, 0.5) is 10.1 Å². The second-order valence-electron chi connectivity index (χ2n) is 4.95. The van der Waals surface area contributed by atoms with E-state index in [1.807, 2.05) is 0 Å². The molecule has 1 aromatic carbocycles. The molecule has 0 aliphatic carbocycles. The van der Waals surface area contributed by atoms with Crippen molar-refractivity contribution in [1.29, 1.82) is 5.26 Å². The molecule has 0 bridgehead atoms. The molecule has 0 aliphatic heterocycles. The van der Waals surface area contributed by atoms with E-state index in [-0.39, 0.29) is 22.3 Å². The first-order valence-corrected chi connectivity index (χ1v) is 7.58. The van der Waals surface area contributed by atoms with Crippen molar-refractivity contribution in [2.45, 2.75) is 25.7 Å². The highest BCUT2D eigenvalue weighted by atomic mass is 35.5. The molecule has 24 heavy (non-hydrogen) atoms. The number of carbonyl (C=O) groups is 2. The van der Waals surface area contributed by atoms with Crippen LogP contribution in [0.2, 0.25) is 10.0 Å². The summed E-state index contributed by atoms with van der Waals surface area (Å²) in [6, 6.07) is 4.81. The minimum Gasteiger partial charge on any atom is -0.342 e. The van der Waals surface area contributed by atoms with E-state index in [4.69, 9.17) is 28.5 Å². The number of nitrogens with zero attached hydrogens (tertiary/aromatic N) is 2. The summed E-state index contributed by atoms with van der Waals surface area (Å²) in [5, 5.41) is 11.2. The Morgan fingerprint density at radius 3 is 2.58 bits per heavy atom. The van der Waals surface area contributed by atoms with Crippen molar-refractivity contribution >= 4 is 40.7 Å². The van der Waals surface area contributed by atoms with Gasteiger partial charge in [0.05, 0.1) is 16.1 Å². The molecule has 130 valence electrons. The number of nitriles is 1. The molecule has 1 rings (SSSR count). The normalized spacial score (nSPS) is 14.2. The van der Waals surface area contributed by atoms with Crippen LogP contribution < -0.4 is 10.2 Å². The van der Waals surface area contributed by atoms with Gasteiger partial charge in [-0.3, -0.25) is 14.5 Å². The fourth-order valence-corrected chi connectivity index (χ4v) is 2.14. The van der Waals surface area contributed by atoms with Crippen LogP contribution in [0.5, 0.6) is 0 Å². The molecule has 2 atom stereocenters. The first kappa shape index (κ1) is 20.2. The number of hydrogen-bond acceptors (Lipinski definition) is 4. The molecule has 0 radical (unpaired) electrons. The first-order valence-electron chi connectivity index (χ1n) is 6.83. The number of benzene rings is 1. The minimum atomic E-state index is -2.66. The number of rotatable bonds is 6. The van der Waals surface area contributed by atoms with Crippen LogP contribution in [-0.2, 0) is 14.3 Å². The summed E-state index contributed by atoms with van der Waals surface area (Å²) in [5.41, 5.74) is 0.162. The highest BCUT2D eigenvalue weighted by molar-refractivity contribution is 6.42. The van der Waals surface area contributed by atoms with E-state index in [1.165, 1.54) is 25.1 Å². The Labute approximate surface area is 149 Å². The lowest BCUT2D eigenvalue weighted by Crippen LogP contribution is -2.54. The number of anilines is 1. The van der Waals surface area contributed by atoms with E-state index in [2.05, 4.69) is 10.1 Å². The van der Waals surface area contributed by atoms with E-state index in [9.17, 15) is 14.0 Å². The molecule has 0 saturated carbocycles. The summed E-state index contributed by atoms with van der Waals surface area (Å²) in [6.45, 7) is 2.07. The van der Waals surface area contributed by atoms with E-state index in [0.29, 0.717) is 0 Å². The van der Waals surface area contributed by atoms with Crippen LogP contribution in [-0.4, -0.2) is 37.4 Å². The highest BCUT2D eigenvalue weighted by Crippen LogP contribution is 2.30. The topological polar surface area (TPSA) is 82.4 Å². The van der Waals surface area contributed by atoms with E-state index in [0.717, 1.165) is 18.9 Å². The molecule has 0 saturated heterocycles. The molecule has 0 heterocycles. The van der Waals surface area contributed by atoms with Gasteiger partial charge in [-0.25, -0.2) is 4.39 Å². The van der Waals surface area contributed by atoms with Crippen molar-refractivity contribution in [1.82, 2.24) is 5.32 Å². The molecule has 6 nitrogen and oxygen atoms in total. The highest BCUT2D eigenvalue weighted by Gasteiger charge is 2.41. The number of nitrogens with one attached hydrogen (secondary N) is 1. The zero-order chi connectivity index (χ0) is 18.5. The van der Waals surface area contributed by atoms with Crippen molar-refractivity contribution in [3.8, 4) is 6.07 Å². The van der Waals surface area contributed by atoms with Crippen LogP contribution in [0.3, 0.4) is 0 Å². The predicted molar refractivity (Wildman–Crippen MR) is 88.6 cm³/mol. The fraction of sp³-hybridized carbons (Fsp3) is 0.400. The molecule has 2 unspecified atom stereocenters. The van der Waals surface area contributed by atoms with Gasteiger partial charge in [0.15, 0.2) is 0 Å². The molecule has 9 heteroatoms. The number of ether oxygens (including phenoxy) is 1. The Hall–Kier alpha value is -1.88. The van der Waals surface area contributed by atoms with Crippen LogP contribution in [0.25, 0.3) is 0 Å². The van der Waals surface area contributed by atoms with Gasteiger partial charge in [-0.05, 0) is 25.1 Å². The van der Waals surface area contributed by atoms with Crippen molar-refractivity contribution in [2.24, 2.45) is 0 Å². The third-order valence-corrected chi connectivity index (χ3v) is 4.01. The molecular formula is C15H16Cl2FN3O3. The van der Waals surface area contributed by atoms with Gasteiger partial charge in [0.25, 0.3) is 11.8 Å². The van der Waals surface area contributed by atoms with Gasteiger partial charge < -0.3 is 10.1 Å². The number of alkyl halides is 1. The van der Waals surface area contributed by atoms with E-state index in [1.54, 1.807) is 6.07 Å². The second kappa shape index (κ2) is 8.29. The smallest absolute Gasteiger partial charge is 0.292 e. The summed E-state index contributed by atoms with van der Waals surface area (Å²) in [6.07, 6.45) is 0. The van der Waals surface area contributed by atoms with Crippen molar-refractivity contribution in [3.63, 3.8) is 0 Å². The number of carbonyl (C=O) groups excluding carboxylic acids is 2. The first-order chi connectivity index (χ1) is 11.2. The van der Waals surface area contributed by atoms with Crippen LogP contribution in [0.15, 0.2) is 18.2 Å². The third-order valence-electron chi connectivity index (χ3n) is 3.27. The van der Waals surface area contributed by atoms with Gasteiger partial charge in [0.2, 0.25) is 5.91 Å². The van der Waals surface area contributed by atoms with Crippen molar-refractivity contribution in [3.05, 3.63) is 28.2 Å². The average molecular weight is 376 g/mol. The molecule has 2 amide bonds. The third kappa shape index (κ3) is 4.57. The second-order valence-corrected chi connectivity index (χ2v) is 5.76. The number of hydrogen-bond donors (Lipinski definition) is 1. The maximum atomic E-state index is 14.3. The Bertz CT molecular complexity index is 676. The summed E-state index contributed by atoms with van der Waals surface area (Å²) >= 11 is 11.8. The number of amides is 2. The number of methoxy groups -OCH3 is 1. The SMILES string of the molecule is COC(C)(F)C(=O)N(c1ccc(Cl)c(Cl)c1)C(C)C(=O)NCC#N. The lowest BCUT2D eigenvalue weighted by molar-refractivity contribution is -0.161. The molecule has 0 aliphatic rings. The average Bonchev–Trinajstić information content (AvgIpc) is 2.55. The van der Waals surface area contributed by atoms with Gasteiger partial charge in [-0.2, -0.15) is 5.26 Å². The summed E-state index contributed by atoms with van der Waals surface area (Å²) < 4.78 is 18.9. The summed E-state index contributed by atoms with van der Waals surface area (Å²) in [5.74, 6) is -4.39. The van der Waals surface area contributed by atoms with Gasteiger partial charge in [0.1, 0.15) is 12.6 Å². The zero-order valence-electron chi connectivity index (χ0n) is 13.3. The predicted octanol–water partition coefficient (Wildman–Crippen LogP) is 2.69. The monoisotopic (exact) mass is 375 g/mol. The Morgan fingerprint density at radius 2 is 2.08 bits per heavy atom. The standard InChI is InChI=1S/C15H16Cl2FN3O3/c1-9(13(22)20-7-6-19)21(14(23)15(2,18)24-3)10-4-5-11(16)12(17)8-10/h4-5,8-9H,7H2,1-3H3,(H,20,22). The van der Waals surface area contributed by atoms with Crippen LogP contribution in [0.1, 0.15) is 13.8 Å². The van der Waals surface area contributed by atoms with Gasteiger partial charge in [-0.1, -0.05) is 23.2 Å². The Kier molecular flexibility index (Phi) is 6.96. The van der Waals surface area contributed by atoms with Crippen molar-refractivity contribution < 1.29 is 18.7 Å². The maximum Gasteiger partial charge on any atom is 0.292 e. The number of halogens is 3. The molecule has 0 aromatic heterocycles. The largest absolute Gasteiger partial charge is 0.342 e. The lowest BCUT2D eigenvalue weighted by Gasteiger charge is -2.32. The Balaban J connectivity index is 3.31. The van der Waals surface area contributed by atoms with Gasteiger partial charge in [-0.15, -0.1) is 0 Å². The van der Waals surface area contributed by atoms with E-state index >= 15 is 0 Å². The maximum absolute atomic E-state index is 14.3. The van der Waals surface area contributed by atoms with Gasteiger partial charge >= 0.3 is 0 Å². The van der Waals surface area contributed by atoms with Crippen LogP contribution in [0, 0.1) is 11.3 Å². The molecule has 1 N–H and O–H groups in total. The van der Waals surface area contributed by atoms with Crippen molar-refractivity contribution in [2.75, 3.05) is 18.6 Å². The Morgan fingerprint density at radius 1 is 1.46 bits per heavy atom. The lowest BCUT2D eigenvalue weighted by atomic mass is 10.1. The fourth-order valence-electron chi connectivity index (χ4n) is 1.85. The summed E-state index contributed by atoms with van der Waals surface area (Å²) in [7, 11) is 1.03. The van der Waals surface area contributed by atoms with Crippen LogP contribution >= 0.6 is 23.2 Å². The molecular weight excluding hydrogens is 360 g/mol. The van der Waals surface area contributed by atoms with E-state index < -0.39 is 23.7 Å². The molecule has 0 fully saturated rings. The summed E-state index contributed by atoms with van der Waals surface area (Å²) in [4.78, 5) is 25.5. The zero-order valence-corrected chi connectivity index (χ0v) is 14.8. The molecule has 0 spiro atoms. The van der Waals surface area contributed by atoms with Gasteiger partial charge in [0, 0.05) is 19.7 Å².